The summed E-state index contributed by atoms with van der Waals surface area (Å²) in [6, 6.07) is 21.2. The highest BCUT2D eigenvalue weighted by atomic mass is 35.5. The monoisotopic (exact) mass is 553 g/mol. The van der Waals surface area contributed by atoms with Crippen LogP contribution in [0.5, 0.6) is 0 Å². The smallest absolute Gasteiger partial charge is 0.450 e. The van der Waals surface area contributed by atoms with E-state index in [1.165, 1.54) is 35.4 Å². The Bertz CT molecular complexity index is 1240. The predicted octanol–water partition coefficient (Wildman–Crippen LogP) is 7.13. The van der Waals surface area contributed by atoms with E-state index < -0.39 is 12.3 Å². The van der Waals surface area contributed by atoms with Crippen LogP contribution in [-0.2, 0) is 15.9 Å². The summed E-state index contributed by atoms with van der Waals surface area (Å²) in [5, 5.41) is 9.57. The first-order valence-electron chi connectivity index (χ1n) is 13.2. The number of benzene rings is 3. The summed E-state index contributed by atoms with van der Waals surface area (Å²) in [6.45, 7) is 4.77. The van der Waals surface area contributed by atoms with Gasteiger partial charge in [-0.2, -0.15) is 0 Å². The molecule has 0 aliphatic carbocycles. The topological polar surface area (TPSA) is 79.4 Å². The SMILES string of the molecule is CCc1ccc(C2CO2)cc1.O=C(O)OC(CN1CCC(C(=O)c2ccc(F)cc2)CC1)c1cccc(Cl)c1. The Morgan fingerprint density at radius 1 is 1.08 bits per heavy atom. The number of halogens is 2. The maximum atomic E-state index is 13.0. The molecular formula is C31H33ClFNO5. The molecule has 0 bridgehead atoms. The molecule has 2 fully saturated rings. The predicted molar refractivity (Wildman–Crippen MR) is 148 cm³/mol. The molecule has 1 N–H and O–H groups in total. The molecule has 3 aromatic carbocycles. The minimum atomic E-state index is -1.34. The van der Waals surface area contributed by atoms with Crippen LogP contribution in [0.25, 0.3) is 0 Å². The van der Waals surface area contributed by atoms with Gasteiger partial charge in [0.2, 0.25) is 0 Å². The van der Waals surface area contributed by atoms with Crippen molar-refractivity contribution in [1.29, 1.82) is 0 Å². The van der Waals surface area contributed by atoms with Gasteiger partial charge in [0.05, 0.1) is 6.61 Å². The Kier molecular flexibility index (Phi) is 10.1. The summed E-state index contributed by atoms with van der Waals surface area (Å²) < 4.78 is 23.3. The van der Waals surface area contributed by atoms with E-state index in [1.807, 2.05) is 0 Å². The molecule has 2 aliphatic rings. The van der Waals surface area contributed by atoms with E-state index in [0.29, 0.717) is 54.7 Å². The number of likely N-dealkylation sites (tertiary alicyclic amines) is 1. The molecule has 0 aromatic heterocycles. The van der Waals surface area contributed by atoms with Gasteiger partial charge in [-0.3, -0.25) is 9.69 Å². The summed E-state index contributed by atoms with van der Waals surface area (Å²) >= 11 is 6.01. The summed E-state index contributed by atoms with van der Waals surface area (Å²) in [6.07, 6.45) is 0.843. The lowest BCUT2D eigenvalue weighted by Gasteiger charge is -2.33. The molecule has 6 nitrogen and oxygen atoms in total. The van der Waals surface area contributed by atoms with Crippen molar-refractivity contribution in [2.75, 3.05) is 26.2 Å². The van der Waals surface area contributed by atoms with Crippen LogP contribution >= 0.6 is 11.6 Å². The molecule has 3 aromatic rings. The second kappa shape index (κ2) is 13.7. The number of aryl methyl sites for hydroxylation is 1. The van der Waals surface area contributed by atoms with Gasteiger partial charge in [-0.1, -0.05) is 54.9 Å². The van der Waals surface area contributed by atoms with Gasteiger partial charge in [-0.05, 0) is 85.4 Å². The molecule has 0 amide bonds. The summed E-state index contributed by atoms with van der Waals surface area (Å²) in [5.74, 6) is -0.462. The highest BCUT2D eigenvalue weighted by molar-refractivity contribution is 6.30. The first-order chi connectivity index (χ1) is 18.8. The number of epoxide rings is 1. The average Bonchev–Trinajstić information content (AvgIpc) is 3.79. The standard InChI is InChI=1S/C21H21ClFNO4.C10H12O/c22-17-3-1-2-16(12-17)19(28-21(26)27)13-24-10-8-15(9-11-24)20(25)14-4-6-18(23)7-5-14;1-2-8-3-5-9(6-4-8)10-7-11-10/h1-7,12,15,19H,8-11,13H2,(H,26,27);3-6,10H,2,7H2,1H3. The molecule has 8 heteroatoms. The van der Waals surface area contributed by atoms with Crippen LogP contribution in [0.2, 0.25) is 5.02 Å². The van der Waals surface area contributed by atoms with E-state index in [-0.39, 0.29) is 17.5 Å². The second-order valence-corrected chi connectivity index (χ2v) is 10.2. The van der Waals surface area contributed by atoms with Crippen molar-refractivity contribution in [2.24, 2.45) is 5.92 Å². The van der Waals surface area contributed by atoms with Gasteiger partial charge >= 0.3 is 6.16 Å². The fraction of sp³-hybridized carbons (Fsp3) is 0.355. The Balaban J connectivity index is 0.000000265. The number of carboxylic acid groups (broad SMARTS) is 1. The Morgan fingerprint density at radius 2 is 1.74 bits per heavy atom. The molecule has 2 aliphatic heterocycles. The van der Waals surface area contributed by atoms with Crippen molar-refractivity contribution in [3.8, 4) is 0 Å². The highest BCUT2D eigenvalue weighted by Gasteiger charge is 2.28. The minimum Gasteiger partial charge on any atom is -0.450 e. The van der Waals surface area contributed by atoms with E-state index in [9.17, 15) is 14.0 Å². The van der Waals surface area contributed by atoms with Crippen LogP contribution in [0, 0.1) is 11.7 Å². The van der Waals surface area contributed by atoms with E-state index in [2.05, 4.69) is 36.1 Å². The van der Waals surface area contributed by atoms with Gasteiger partial charge < -0.3 is 14.6 Å². The zero-order chi connectivity index (χ0) is 27.8. The number of carbonyl (C=O) groups is 2. The van der Waals surface area contributed by atoms with E-state index in [4.69, 9.17) is 26.2 Å². The van der Waals surface area contributed by atoms with Gasteiger partial charge in [0.1, 0.15) is 18.0 Å². The molecule has 2 atom stereocenters. The number of hydrogen-bond acceptors (Lipinski definition) is 5. The zero-order valence-electron chi connectivity index (χ0n) is 21.9. The summed E-state index contributed by atoms with van der Waals surface area (Å²) in [5.41, 5.74) is 3.93. The molecule has 206 valence electrons. The van der Waals surface area contributed by atoms with Gasteiger partial charge in [0.25, 0.3) is 0 Å². The third-order valence-electron chi connectivity index (χ3n) is 7.07. The van der Waals surface area contributed by atoms with Crippen LogP contribution < -0.4 is 0 Å². The molecule has 2 saturated heterocycles. The van der Waals surface area contributed by atoms with Crippen molar-refractivity contribution in [2.45, 2.75) is 38.4 Å². The van der Waals surface area contributed by atoms with Crippen molar-refractivity contribution in [3.63, 3.8) is 0 Å². The van der Waals surface area contributed by atoms with Crippen molar-refractivity contribution in [3.05, 3.63) is 106 Å². The van der Waals surface area contributed by atoms with Crippen molar-refractivity contribution >= 4 is 23.5 Å². The minimum absolute atomic E-state index is 0.0211. The molecule has 2 heterocycles. The maximum Gasteiger partial charge on any atom is 0.506 e. The first kappa shape index (κ1) is 28.7. The lowest BCUT2D eigenvalue weighted by Crippen LogP contribution is -2.39. The molecule has 39 heavy (non-hydrogen) atoms. The van der Waals surface area contributed by atoms with Crippen LogP contribution in [0.4, 0.5) is 9.18 Å². The number of rotatable bonds is 8. The number of carbonyl (C=O) groups excluding carboxylic acids is 1. The van der Waals surface area contributed by atoms with E-state index in [0.717, 1.165) is 13.0 Å². The molecular weight excluding hydrogens is 521 g/mol. The normalized spacial score (nSPS) is 18.0. The van der Waals surface area contributed by atoms with Crippen molar-refractivity contribution in [1.82, 2.24) is 4.90 Å². The van der Waals surface area contributed by atoms with Gasteiger partial charge in [-0.25, -0.2) is 9.18 Å². The largest absolute Gasteiger partial charge is 0.506 e. The second-order valence-electron chi connectivity index (χ2n) is 9.79. The van der Waals surface area contributed by atoms with Crippen molar-refractivity contribution < 1.29 is 28.6 Å². The number of ketones is 1. The number of Topliss-reactive ketones (excluding diaryl/α,β-unsaturated/α-hetero) is 1. The first-order valence-corrected chi connectivity index (χ1v) is 13.6. The quantitative estimate of drug-likeness (QED) is 0.182. The van der Waals surface area contributed by atoms with Gasteiger partial charge in [0, 0.05) is 23.0 Å². The molecule has 0 saturated carbocycles. The number of nitrogens with zero attached hydrogens (tertiary/aromatic N) is 1. The lowest BCUT2D eigenvalue weighted by atomic mass is 9.88. The van der Waals surface area contributed by atoms with Crippen LogP contribution in [0.3, 0.4) is 0 Å². The number of ether oxygens (including phenoxy) is 2. The third-order valence-corrected chi connectivity index (χ3v) is 7.30. The van der Waals surface area contributed by atoms with E-state index >= 15 is 0 Å². The lowest BCUT2D eigenvalue weighted by molar-refractivity contribution is 0.0268. The molecule has 0 spiro atoms. The molecule has 0 radical (unpaired) electrons. The zero-order valence-corrected chi connectivity index (χ0v) is 22.6. The van der Waals surface area contributed by atoms with Crippen LogP contribution in [-0.4, -0.2) is 48.2 Å². The highest BCUT2D eigenvalue weighted by Crippen LogP contribution is 2.29. The van der Waals surface area contributed by atoms with Crippen LogP contribution in [0.1, 0.15) is 59.0 Å². The summed E-state index contributed by atoms with van der Waals surface area (Å²) in [4.78, 5) is 25.8. The maximum absolute atomic E-state index is 13.0. The fourth-order valence-electron chi connectivity index (χ4n) is 4.71. The summed E-state index contributed by atoms with van der Waals surface area (Å²) in [7, 11) is 0. The Morgan fingerprint density at radius 3 is 2.31 bits per heavy atom. The van der Waals surface area contributed by atoms with Crippen LogP contribution in [0.15, 0.2) is 72.8 Å². The number of hydrogen-bond donors (Lipinski definition) is 1. The molecule has 2 unspecified atom stereocenters. The van der Waals surface area contributed by atoms with Gasteiger partial charge in [0.15, 0.2) is 5.78 Å². The average molecular weight is 554 g/mol. The Labute approximate surface area is 233 Å². The fourth-order valence-corrected chi connectivity index (χ4v) is 4.91. The molecule has 5 rings (SSSR count). The van der Waals surface area contributed by atoms with E-state index in [1.54, 1.807) is 24.3 Å². The third kappa shape index (κ3) is 8.62. The number of piperidine rings is 1. The Hall–Kier alpha value is -3.26. The van der Waals surface area contributed by atoms with Gasteiger partial charge in [-0.15, -0.1) is 0 Å².